The fourth-order valence-corrected chi connectivity index (χ4v) is 2.31. The Kier molecular flexibility index (Phi) is 4.10. The van der Waals surface area contributed by atoms with E-state index in [-0.39, 0.29) is 0 Å². The summed E-state index contributed by atoms with van der Waals surface area (Å²) in [6, 6.07) is 12.4. The fourth-order valence-electron chi connectivity index (χ4n) is 2.31. The van der Waals surface area contributed by atoms with Crippen LogP contribution in [0.3, 0.4) is 0 Å². The van der Waals surface area contributed by atoms with E-state index in [2.05, 4.69) is 38.2 Å². The fraction of sp³-hybridized carbons (Fsp3) is 0.294. The smallest absolute Gasteiger partial charge is 0.119 e. The Bertz CT molecular complexity index is 535. The Hall–Kier alpha value is -1.96. The van der Waals surface area contributed by atoms with Crippen molar-refractivity contribution >= 4 is 5.69 Å². The van der Waals surface area contributed by atoms with Gasteiger partial charge in [0.15, 0.2) is 0 Å². The third-order valence-electron chi connectivity index (χ3n) is 3.37. The third kappa shape index (κ3) is 3.28. The molecule has 2 aromatic carbocycles. The number of anilines is 1. The number of hydrogen-bond donors (Lipinski definition) is 1. The van der Waals surface area contributed by atoms with Crippen LogP contribution in [0.1, 0.15) is 22.3 Å². The zero-order valence-corrected chi connectivity index (χ0v) is 12.1. The number of aryl methyl sites for hydroxylation is 3. The first kappa shape index (κ1) is 13.5. The van der Waals surface area contributed by atoms with E-state index in [1.54, 1.807) is 0 Å². The second kappa shape index (κ2) is 5.79. The molecule has 2 aromatic rings. The Morgan fingerprint density at radius 3 is 2.05 bits per heavy atom. The minimum Gasteiger partial charge on any atom is -0.489 e. The second-order valence-electron chi connectivity index (χ2n) is 4.94. The first-order valence-corrected chi connectivity index (χ1v) is 6.57. The van der Waals surface area contributed by atoms with E-state index >= 15 is 0 Å². The number of ether oxygens (including phenoxy) is 1. The Morgan fingerprint density at radius 2 is 1.53 bits per heavy atom. The summed E-state index contributed by atoms with van der Waals surface area (Å²) in [6.45, 7) is 7.03. The summed E-state index contributed by atoms with van der Waals surface area (Å²) >= 11 is 0. The molecule has 0 amide bonds. The highest BCUT2D eigenvalue weighted by Crippen LogP contribution is 2.20. The lowest BCUT2D eigenvalue weighted by atomic mass is 10.0. The van der Waals surface area contributed by atoms with Crippen LogP contribution in [-0.4, -0.2) is 7.05 Å². The monoisotopic (exact) mass is 255 g/mol. The van der Waals surface area contributed by atoms with Gasteiger partial charge in [0.05, 0.1) is 0 Å². The summed E-state index contributed by atoms with van der Waals surface area (Å²) in [7, 11) is 1.91. The van der Waals surface area contributed by atoms with E-state index in [0.29, 0.717) is 6.61 Å². The summed E-state index contributed by atoms with van der Waals surface area (Å²) < 4.78 is 5.87. The average Bonchev–Trinajstić information content (AvgIpc) is 2.38. The van der Waals surface area contributed by atoms with Crippen molar-refractivity contribution in [3.8, 4) is 5.75 Å². The minimum atomic E-state index is 0.622. The van der Waals surface area contributed by atoms with Crippen molar-refractivity contribution < 1.29 is 4.74 Å². The summed E-state index contributed by atoms with van der Waals surface area (Å²) in [5, 5.41) is 3.10. The zero-order valence-electron chi connectivity index (χ0n) is 12.1. The van der Waals surface area contributed by atoms with Gasteiger partial charge in [-0.3, -0.25) is 0 Å². The van der Waals surface area contributed by atoms with Crippen molar-refractivity contribution in [1.29, 1.82) is 0 Å². The van der Waals surface area contributed by atoms with E-state index in [1.807, 2.05) is 31.3 Å². The summed E-state index contributed by atoms with van der Waals surface area (Å²) in [5.41, 5.74) is 6.27. The van der Waals surface area contributed by atoms with Crippen LogP contribution in [0, 0.1) is 20.8 Å². The highest BCUT2D eigenvalue weighted by atomic mass is 16.5. The number of rotatable bonds is 4. The number of nitrogens with one attached hydrogen (secondary N) is 1. The van der Waals surface area contributed by atoms with Gasteiger partial charge in [-0.15, -0.1) is 0 Å². The van der Waals surface area contributed by atoms with Crippen molar-refractivity contribution in [3.05, 3.63) is 58.7 Å². The maximum Gasteiger partial charge on any atom is 0.119 e. The van der Waals surface area contributed by atoms with E-state index < -0.39 is 0 Å². The molecule has 0 aliphatic carbocycles. The van der Waals surface area contributed by atoms with Crippen LogP contribution in [0.5, 0.6) is 5.75 Å². The van der Waals surface area contributed by atoms with Gasteiger partial charge in [0, 0.05) is 12.7 Å². The van der Waals surface area contributed by atoms with E-state index in [4.69, 9.17) is 4.74 Å². The molecule has 1 N–H and O–H groups in total. The van der Waals surface area contributed by atoms with Crippen LogP contribution < -0.4 is 10.1 Å². The summed E-state index contributed by atoms with van der Waals surface area (Å²) in [5.74, 6) is 0.901. The maximum atomic E-state index is 5.87. The topological polar surface area (TPSA) is 21.3 Å². The lowest BCUT2D eigenvalue weighted by molar-refractivity contribution is 0.304. The molecule has 0 aromatic heterocycles. The molecular formula is C17H21NO. The first-order chi connectivity index (χ1) is 9.10. The molecule has 0 bridgehead atoms. The standard InChI is InChI=1S/C17H21NO/c1-12-9-13(2)17(14(3)10-12)11-19-16-7-5-15(18-4)6-8-16/h5-10,18H,11H2,1-4H3. The van der Waals surface area contributed by atoms with Crippen molar-refractivity contribution in [2.45, 2.75) is 27.4 Å². The van der Waals surface area contributed by atoms with Crippen molar-refractivity contribution in [3.63, 3.8) is 0 Å². The Labute approximate surface area is 115 Å². The zero-order chi connectivity index (χ0) is 13.8. The molecule has 2 nitrogen and oxygen atoms in total. The van der Waals surface area contributed by atoms with Gasteiger partial charge in [0.2, 0.25) is 0 Å². The average molecular weight is 255 g/mol. The molecule has 0 heterocycles. The molecule has 0 fully saturated rings. The molecule has 0 atom stereocenters. The van der Waals surface area contributed by atoms with Crippen LogP contribution in [0.4, 0.5) is 5.69 Å². The van der Waals surface area contributed by atoms with Gasteiger partial charge in [-0.2, -0.15) is 0 Å². The molecule has 0 aliphatic heterocycles. The predicted molar refractivity (Wildman–Crippen MR) is 81.0 cm³/mol. The van der Waals surface area contributed by atoms with Crippen LogP contribution in [-0.2, 0) is 6.61 Å². The van der Waals surface area contributed by atoms with Gasteiger partial charge in [-0.1, -0.05) is 17.7 Å². The van der Waals surface area contributed by atoms with Crippen LogP contribution in [0.15, 0.2) is 36.4 Å². The van der Waals surface area contributed by atoms with E-state index in [9.17, 15) is 0 Å². The molecular weight excluding hydrogens is 234 g/mol. The lowest BCUT2D eigenvalue weighted by Gasteiger charge is -2.13. The van der Waals surface area contributed by atoms with Crippen molar-refractivity contribution in [2.24, 2.45) is 0 Å². The molecule has 0 aliphatic rings. The van der Waals surface area contributed by atoms with Crippen molar-refractivity contribution in [2.75, 3.05) is 12.4 Å². The molecule has 2 heteroatoms. The Morgan fingerprint density at radius 1 is 0.947 bits per heavy atom. The quantitative estimate of drug-likeness (QED) is 0.882. The molecule has 2 rings (SSSR count). The number of hydrogen-bond acceptors (Lipinski definition) is 2. The molecule has 0 saturated heterocycles. The lowest BCUT2D eigenvalue weighted by Crippen LogP contribution is -2.01. The highest BCUT2D eigenvalue weighted by molar-refractivity contribution is 5.45. The van der Waals surface area contributed by atoms with Gasteiger partial charge in [-0.25, -0.2) is 0 Å². The van der Waals surface area contributed by atoms with E-state index in [1.165, 1.54) is 22.3 Å². The largest absolute Gasteiger partial charge is 0.489 e. The summed E-state index contributed by atoms with van der Waals surface area (Å²) in [6.07, 6.45) is 0. The summed E-state index contributed by atoms with van der Waals surface area (Å²) in [4.78, 5) is 0. The van der Waals surface area contributed by atoms with Crippen LogP contribution in [0.25, 0.3) is 0 Å². The maximum absolute atomic E-state index is 5.87. The molecule has 0 spiro atoms. The normalized spacial score (nSPS) is 10.3. The van der Waals surface area contributed by atoms with Gasteiger partial charge in [0.25, 0.3) is 0 Å². The number of benzene rings is 2. The minimum absolute atomic E-state index is 0.622. The van der Waals surface area contributed by atoms with E-state index in [0.717, 1.165) is 11.4 Å². The molecule has 100 valence electrons. The van der Waals surface area contributed by atoms with Gasteiger partial charge in [-0.05, 0) is 61.7 Å². The highest BCUT2D eigenvalue weighted by Gasteiger charge is 2.04. The third-order valence-corrected chi connectivity index (χ3v) is 3.37. The Balaban J connectivity index is 2.10. The second-order valence-corrected chi connectivity index (χ2v) is 4.94. The van der Waals surface area contributed by atoms with Gasteiger partial charge < -0.3 is 10.1 Å². The molecule has 0 saturated carbocycles. The van der Waals surface area contributed by atoms with Crippen LogP contribution in [0.2, 0.25) is 0 Å². The van der Waals surface area contributed by atoms with Gasteiger partial charge >= 0.3 is 0 Å². The van der Waals surface area contributed by atoms with Gasteiger partial charge in [0.1, 0.15) is 12.4 Å². The van der Waals surface area contributed by atoms with Crippen molar-refractivity contribution in [1.82, 2.24) is 0 Å². The molecule has 19 heavy (non-hydrogen) atoms. The molecule has 0 unspecified atom stereocenters. The predicted octanol–water partition coefficient (Wildman–Crippen LogP) is 4.23. The first-order valence-electron chi connectivity index (χ1n) is 6.57. The van der Waals surface area contributed by atoms with Crippen LogP contribution >= 0.6 is 0 Å². The SMILES string of the molecule is CNc1ccc(OCc2c(C)cc(C)cc2C)cc1. The molecule has 0 radical (unpaired) electrons.